The summed E-state index contributed by atoms with van der Waals surface area (Å²) < 4.78 is 28.9. The highest BCUT2D eigenvalue weighted by Crippen LogP contribution is 2.26. The van der Waals surface area contributed by atoms with E-state index in [0.717, 1.165) is 0 Å². The van der Waals surface area contributed by atoms with Crippen LogP contribution in [0.3, 0.4) is 0 Å². The van der Waals surface area contributed by atoms with Gasteiger partial charge in [0.05, 0.1) is 6.10 Å². The maximum atomic E-state index is 12.2. The minimum Gasteiger partial charge on any atom is -0.434 e. The molecule has 2 N–H and O–H groups in total. The number of benzene rings is 1. The van der Waals surface area contributed by atoms with E-state index in [1.165, 1.54) is 12.1 Å². The molecule has 0 unspecified atom stereocenters. The Hall–Kier alpha value is -0.910. The Balaban J connectivity index is 1.98. The average Bonchev–Trinajstić information content (AvgIpc) is 2.25. The van der Waals surface area contributed by atoms with Crippen LogP contribution in [0.25, 0.3) is 0 Å². The summed E-state index contributed by atoms with van der Waals surface area (Å²) in [5, 5.41) is 12.8. The lowest BCUT2D eigenvalue weighted by molar-refractivity contribution is -0.0505. The molecule has 100 valence electrons. The van der Waals surface area contributed by atoms with E-state index in [1.54, 1.807) is 6.07 Å². The molecule has 6 heteroatoms. The fraction of sp³-hybridized carbons (Fsp3) is 0.500. The number of nitrogens with one attached hydrogen (secondary N) is 1. The van der Waals surface area contributed by atoms with Crippen LogP contribution in [0.1, 0.15) is 18.4 Å². The summed E-state index contributed by atoms with van der Waals surface area (Å²) >= 11 is 5.83. The number of hydrogen-bond acceptors (Lipinski definition) is 3. The van der Waals surface area contributed by atoms with E-state index in [4.69, 9.17) is 16.7 Å². The third kappa shape index (κ3) is 3.54. The van der Waals surface area contributed by atoms with Crippen molar-refractivity contribution in [1.29, 1.82) is 0 Å². The molecule has 1 aromatic carbocycles. The zero-order valence-corrected chi connectivity index (χ0v) is 10.3. The number of rotatable bonds is 5. The molecule has 0 radical (unpaired) electrons. The lowest BCUT2D eigenvalue weighted by Crippen LogP contribution is -2.43. The van der Waals surface area contributed by atoms with Gasteiger partial charge in [0.15, 0.2) is 0 Å². The first-order chi connectivity index (χ1) is 8.54. The molecule has 3 nitrogen and oxygen atoms in total. The Kier molecular flexibility index (Phi) is 4.37. The van der Waals surface area contributed by atoms with Crippen molar-refractivity contribution in [2.24, 2.45) is 0 Å². The summed E-state index contributed by atoms with van der Waals surface area (Å²) in [7, 11) is 0. The largest absolute Gasteiger partial charge is 0.434 e. The van der Waals surface area contributed by atoms with Gasteiger partial charge < -0.3 is 15.2 Å². The average molecular weight is 278 g/mol. The number of alkyl halides is 2. The predicted molar refractivity (Wildman–Crippen MR) is 64.0 cm³/mol. The molecule has 1 aliphatic rings. The fourth-order valence-corrected chi connectivity index (χ4v) is 2.10. The first kappa shape index (κ1) is 13.5. The number of ether oxygens (including phenoxy) is 1. The van der Waals surface area contributed by atoms with Crippen molar-refractivity contribution in [3.05, 3.63) is 28.8 Å². The van der Waals surface area contributed by atoms with Crippen molar-refractivity contribution >= 4 is 11.6 Å². The van der Waals surface area contributed by atoms with Gasteiger partial charge in [0.1, 0.15) is 5.75 Å². The molecule has 0 aliphatic heterocycles. The highest BCUT2D eigenvalue weighted by Gasteiger charge is 2.26. The molecule has 0 atom stereocenters. The molecule has 1 fully saturated rings. The van der Waals surface area contributed by atoms with Gasteiger partial charge in [-0.2, -0.15) is 8.78 Å². The predicted octanol–water partition coefficient (Wildman–Crippen LogP) is 2.55. The van der Waals surface area contributed by atoms with Gasteiger partial charge in [-0.25, -0.2) is 0 Å². The Morgan fingerprint density at radius 3 is 2.78 bits per heavy atom. The molecule has 0 aromatic heterocycles. The third-order valence-electron chi connectivity index (χ3n) is 2.93. The minimum absolute atomic E-state index is 0.127. The van der Waals surface area contributed by atoms with Gasteiger partial charge in [0, 0.05) is 23.2 Å². The molecule has 0 saturated heterocycles. The zero-order chi connectivity index (χ0) is 13.1. The summed E-state index contributed by atoms with van der Waals surface area (Å²) in [5.41, 5.74) is 0.587. The van der Waals surface area contributed by atoms with E-state index in [9.17, 15) is 8.78 Å². The Labute approximate surface area is 109 Å². The molecule has 18 heavy (non-hydrogen) atoms. The van der Waals surface area contributed by atoms with E-state index < -0.39 is 6.61 Å². The van der Waals surface area contributed by atoms with Crippen molar-refractivity contribution in [3.8, 4) is 5.75 Å². The number of halogens is 3. The zero-order valence-electron chi connectivity index (χ0n) is 9.57. The number of hydrogen-bond donors (Lipinski definition) is 2. The third-order valence-corrected chi connectivity index (χ3v) is 3.17. The van der Waals surface area contributed by atoms with Crippen LogP contribution in [0.2, 0.25) is 5.02 Å². The summed E-state index contributed by atoms with van der Waals surface area (Å²) in [6.07, 6.45) is 1.12. The second kappa shape index (κ2) is 5.82. The van der Waals surface area contributed by atoms with E-state index in [-0.39, 0.29) is 17.9 Å². The van der Waals surface area contributed by atoms with Crippen molar-refractivity contribution in [3.63, 3.8) is 0 Å². The van der Waals surface area contributed by atoms with Crippen molar-refractivity contribution < 1.29 is 18.6 Å². The monoisotopic (exact) mass is 277 g/mol. The smallest absolute Gasteiger partial charge is 0.387 e. The normalized spacial score (nSPS) is 22.9. The standard InChI is InChI=1S/C12H14ClF2NO2/c13-8-1-2-11(18-12(14)15)7(3-8)6-16-9-4-10(17)5-9/h1-3,9-10,12,16-17H,4-6H2. The van der Waals surface area contributed by atoms with E-state index >= 15 is 0 Å². The molecule has 0 heterocycles. The molecule has 1 aliphatic carbocycles. The van der Waals surface area contributed by atoms with Gasteiger partial charge in [-0.05, 0) is 31.0 Å². The second-order valence-electron chi connectivity index (χ2n) is 4.33. The number of aliphatic hydroxyl groups excluding tert-OH is 1. The number of aliphatic hydroxyl groups is 1. The van der Waals surface area contributed by atoms with Gasteiger partial charge in [0.2, 0.25) is 0 Å². The molecular weight excluding hydrogens is 264 g/mol. The van der Waals surface area contributed by atoms with Crippen LogP contribution < -0.4 is 10.1 Å². The van der Waals surface area contributed by atoms with Gasteiger partial charge >= 0.3 is 6.61 Å². The van der Waals surface area contributed by atoms with E-state index in [1.807, 2.05) is 0 Å². The van der Waals surface area contributed by atoms with Gasteiger partial charge in [0.25, 0.3) is 0 Å². The van der Waals surface area contributed by atoms with Gasteiger partial charge in [-0.15, -0.1) is 0 Å². The molecule has 0 spiro atoms. The van der Waals surface area contributed by atoms with Crippen molar-refractivity contribution in [2.45, 2.75) is 38.1 Å². The summed E-state index contributed by atoms with van der Waals surface area (Å²) in [6.45, 7) is -2.46. The molecular formula is C12H14ClF2NO2. The topological polar surface area (TPSA) is 41.5 Å². The minimum atomic E-state index is -2.85. The van der Waals surface area contributed by atoms with Crippen LogP contribution in [0, 0.1) is 0 Å². The Morgan fingerprint density at radius 2 is 2.17 bits per heavy atom. The maximum absolute atomic E-state index is 12.2. The summed E-state index contributed by atoms with van der Waals surface area (Å²) in [5.74, 6) is 0.127. The fourth-order valence-electron chi connectivity index (χ4n) is 1.91. The first-order valence-electron chi connectivity index (χ1n) is 5.69. The Morgan fingerprint density at radius 1 is 1.44 bits per heavy atom. The molecule has 1 aromatic rings. The highest BCUT2D eigenvalue weighted by atomic mass is 35.5. The van der Waals surface area contributed by atoms with Crippen molar-refractivity contribution in [2.75, 3.05) is 0 Å². The van der Waals surface area contributed by atoms with Crippen LogP contribution >= 0.6 is 11.6 Å². The van der Waals surface area contributed by atoms with Gasteiger partial charge in [-0.1, -0.05) is 11.6 Å². The summed E-state index contributed by atoms with van der Waals surface area (Å²) in [6, 6.07) is 4.76. The second-order valence-corrected chi connectivity index (χ2v) is 4.77. The quantitative estimate of drug-likeness (QED) is 0.869. The maximum Gasteiger partial charge on any atom is 0.387 e. The molecule has 0 bridgehead atoms. The molecule has 2 rings (SSSR count). The Bertz CT molecular complexity index is 411. The van der Waals surface area contributed by atoms with Crippen LogP contribution in [0.4, 0.5) is 8.78 Å². The van der Waals surface area contributed by atoms with Crippen LogP contribution in [0.5, 0.6) is 5.75 Å². The SMILES string of the molecule is OC1CC(NCc2cc(Cl)ccc2OC(F)F)C1. The molecule has 1 saturated carbocycles. The lowest BCUT2D eigenvalue weighted by atomic mass is 9.89. The first-order valence-corrected chi connectivity index (χ1v) is 6.07. The van der Waals surface area contributed by atoms with Crippen LogP contribution in [-0.4, -0.2) is 23.9 Å². The van der Waals surface area contributed by atoms with Crippen LogP contribution in [-0.2, 0) is 6.54 Å². The van der Waals surface area contributed by atoms with Gasteiger partial charge in [-0.3, -0.25) is 0 Å². The van der Waals surface area contributed by atoms with Crippen molar-refractivity contribution in [1.82, 2.24) is 5.32 Å². The van der Waals surface area contributed by atoms with E-state index in [0.29, 0.717) is 30.0 Å². The summed E-state index contributed by atoms with van der Waals surface area (Å²) in [4.78, 5) is 0. The van der Waals surface area contributed by atoms with E-state index in [2.05, 4.69) is 10.1 Å². The lowest BCUT2D eigenvalue weighted by Gasteiger charge is -2.32. The molecule has 0 amide bonds. The highest BCUT2D eigenvalue weighted by molar-refractivity contribution is 6.30. The van der Waals surface area contributed by atoms with Crippen LogP contribution in [0.15, 0.2) is 18.2 Å².